The first kappa shape index (κ1) is 35.7. The third kappa shape index (κ3) is 15.0. The molecule has 0 aliphatic heterocycles. The number of hydrogen-bond donors (Lipinski definition) is 1. The van der Waals surface area contributed by atoms with Gasteiger partial charge < -0.3 is 10.5 Å². The molecular formula is C34H54N4O. The molecule has 0 radical (unpaired) electrons. The molecule has 0 bridgehead atoms. The summed E-state index contributed by atoms with van der Waals surface area (Å²) in [6.07, 6.45) is 17.3. The molecule has 5 heteroatoms. The van der Waals surface area contributed by atoms with Crippen LogP contribution in [0, 0.1) is 19.8 Å². The van der Waals surface area contributed by atoms with Gasteiger partial charge in [0.15, 0.2) is 0 Å². The third-order valence-electron chi connectivity index (χ3n) is 5.83. The lowest BCUT2D eigenvalue weighted by Crippen LogP contribution is -1.99. The predicted molar refractivity (Wildman–Crippen MR) is 172 cm³/mol. The monoisotopic (exact) mass is 534 g/mol. The van der Waals surface area contributed by atoms with Crippen molar-refractivity contribution in [3.05, 3.63) is 90.2 Å². The normalized spacial score (nSPS) is 10.8. The number of nitrogens with two attached hydrogens (primary N) is 1. The number of anilines is 1. The molecule has 3 aromatic rings. The minimum atomic E-state index is 0.555. The summed E-state index contributed by atoms with van der Waals surface area (Å²) in [5, 5.41) is 0. The second-order valence-electron chi connectivity index (χ2n) is 9.76. The summed E-state index contributed by atoms with van der Waals surface area (Å²) >= 11 is 0. The Kier molecular flexibility index (Phi) is 19.7. The standard InChI is InChI=1S/C15H18O.C10H14N4.C5H12.C4H10/c1-4-6-9-14(5-2)12-16-15-10-7-8-13(3)11-15;1-3-4-8-13-7(2)9-10(11)12-5-6-14(8)9;1-4-5(2)3;1-3-4-2/h4-11H,1,12H2,2-3H3;5-6H,3-4H2,1-2H3,(H2,11,12);5H,4H2,1-3H3;3-4H2,1-2H3/b9-6-,14-5+;;;. The maximum Gasteiger partial charge on any atom is 0.149 e. The van der Waals surface area contributed by atoms with Gasteiger partial charge in [0.1, 0.15) is 29.5 Å². The van der Waals surface area contributed by atoms with Crippen LogP contribution in [0.3, 0.4) is 0 Å². The average Bonchev–Trinajstić information content (AvgIpc) is 3.26. The molecule has 39 heavy (non-hydrogen) atoms. The number of aryl methyl sites for hydroxylation is 3. The van der Waals surface area contributed by atoms with E-state index in [0.717, 1.165) is 47.1 Å². The minimum absolute atomic E-state index is 0.555. The summed E-state index contributed by atoms with van der Waals surface area (Å²) in [5.74, 6) is 3.41. The van der Waals surface area contributed by atoms with Crippen LogP contribution in [-0.4, -0.2) is 21.0 Å². The first-order valence-electron chi connectivity index (χ1n) is 14.4. The lowest BCUT2D eigenvalue weighted by molar-refractivity contribution is 0.355. The number of benzene rings is 1. The first-order chi connectivity index (χ1) is 18.7. The third-order valence-corrected chi connectivity index (χ3v) is 5.83. The zero-order valence-corrected chi connectivity index (χ0v) is 26.1. The fourth-order valence-corrected chi connectivity index (χ4v) is 3.01. The zero-order valence-electron chi connectivity index (χ0n) is 26.1. The van der Waals surface area contributed by atoms with Crippen molar-refractivity contribution in [2.75, 3.05) is 12.3 Å². The van der Waals surface area contributed by atoms with E-state index < -0.39 is 0 Å². The Bertz CT molecular complexity index is 1120. The van der Waals surface area contributed by atoms with E-state index in [1.54, 1.807) is 12.3 Å². The summed E-state index contributed by atoms with van der Waals surface area (Å²) in [4.78, 5) is 8.54. The highest BCUT2D eigenvalue weighted by Crippen LogP contribution is 2.17. The van der Waals surface area contributed by atoms with Gasteiger partial charge in [-0.1, -0.05) is 104 Å². The number of aromatic nitrogens is 3. The Morgan fingerprint density at radius 1 is 1.10 bits per heavy atom. The molecule has 0 unspecified atom stereocenters. The van der Waals surface area contributed by atoms with Crippen molar-refractivity contribution in [1.82, 2.24) is 14.4 Å². The van der Waals surface area contributed by atoms with Crippen molar-refractivity contribution >= 4 is 11.3 Å². The second-order valence-corrected chi connectivity index (χ2v) is 9.76. The molecule has 0 amide bonds. The largest absolute Gasteiger partial charge is 0.489 e. The van der Waals surface area contributed by atoms with Gasteiger partial charge in [0, 0.05) is 18.8 Å². The van der Waals surface area contributed by atoms with Gasteiger partial charge in [0.05, 0.1) is 5.69 Å². The Hall–Kier alpha value is -3.34. The Labute approximate surface area is 238 Å². The second kappa shape index (κ2) is 21.6. The van der Waals surface area contributed by atoms with Crippen LogP contribution in [0.25, 0.3) is 5.52 Å². The smallest absolute Gasteiger partial charge is 0.149 e. The summed E-state index contributed by atoms with van der Waals surface area (Å²) < 4.78 is 7.71. The van der Waals surface area contributed by atoms with Crippen LogP contribution in [0.4, 0.5) is 5.82 Å². The topological polar surface area (TPSA) is 65.4 Å². The SMILES string of the molecule is C=C/C=C\C(=C/C)COc1cccc(C)c1.CCC(C)C.CCCC.CCCc1nc(C)c2c(N)nccn12. The highest BCUT2D eigenvalue weighted by Gasteiger charge is 2.09. The summed E-state index contributed by atoms with van der Waals surface area (Å²) in [6, 6.07) is 8.06. The Morgan fingerprint density at radius 2 is 1.77 bits per heavy atom. The number of rotatable bonds is 9. The van der Waals surface area contributed by atoms with Crippen molar-refractivity contribution in [2.45, 2.75) is 94.4 Å². The lowest BCUT2D eigenvalue weighted by atomic mass is 10.2. The van der Waals surface area contributed by atoms with Crippen molar-refractivity contribution in [2.24, 2.45) is 5.92 Å². The number of ether oxygens (including phenoxy) is 1. The number of fused-ring (bicyclic) bond motifs is 1. The fourth-order valence-electron chi connectivity index (χ4n) is 3.01. The van der Waals surface area contributed by atoms with Crippen LogP contribution in [0.2, 0.25) is 0 Å². The van der Waals surface area contributed by atoms with Crippen molar-refractivity contribution < 1.29 is 4.74 Å². The van der Waals surface area contributed by atoms with Gasteiger partial charge in [-0.25, -0.2) is 9.97 Å². The molecule has 2 heterocycles. The number of allylic oxidation sites excluding steroid dienone is 3. The molecular weight excluding hydrogens is 480 g/mol. The van der Waals surface area contributed by atoms with Gasteiger partial charge in [-0.2, -0.15) is 0 Å². The molecule has 0 fully saturated rings. The number of imidazole rings is 1. The molecule has 2 N–H and O–H groups in total. The van der Waals surface area contributed by atoms with Gasteiger partial charge in [-0.05, 0) is 56.4 Å². The maximum atomic E-state index is 5.79. The molecule has 0 atom stereocenters. The van der Waals surface area contributed by atoms with E-state index in [1.165, 1.54) is 24.8 Å². The van der Waals surface area contributed by atoms with E-state index in [9.17, 15) is 0 Å². The highest BCUT2D eigenvalue weighted by molar-refractivity contribution is 5.68. The lowest BCUT2D eigenvalue weighted by Gasteiger charge is -2.07. The number of nitrogen functional groups attached to an aromatic ring is 1. The summed E-state index contributed by atoms with van der Waals surface area (Å²) in [6.45, 7) is 23.4. The predicted octanol–water partition coefficient (Wildman–Crippen LogP) is 9.49. The van der Waals surface area contributed by atoms with E-state index in [2.05, 4.69) is 71.1 Å². The average molecular weight is 535 g/mol. The molecule has 0 saturated carbocycles. The van der Waals surface area contributed by atoms with E-state index in [-0.39, 0.29) is 0 Å². The number of unbranched alkanes of at least 4 members (excludes halogenated alkanes) is 1. The summed E-state index contributed by atoms with van der Waals surface area (Å²) in [7, 11) is 0. The molecule has 5 nitrogen and oxygen atoms in total. The van der Waals surface area contributed by atoms with Gasteiger partial charge in [0.25, 0.3) is 0 Å². The van der Waals surface area contributed by atoms with Crippen molar-refractivity contribution in [3.63, 3.8) is 0 Å². The van der Waals surface area contributed by atoms with E-state index in [4.69, 9.17) is 10.5 Å². The van der Waals surface area contributed by atoms with Crippen LogP contribution < -0.4 is 10.5 Å². The quantitative estimate of drug-likeness (QED) is 0.278. The minimum Gasteiger partial charge on any atom is -0.489 e. The van der Waals surface area contributed by atoms with Gasteiger partial charge >= 0.3 is 0 Å². The molecule has 0 aliphatic rings. The van der Waals surface area contributed by atoms with Crippen LogP contribution in [0.1, 0.15) is 91.2 Å². The van der Waals surface area contributed by atoms with E-state index in [0.29, 0.717) is 12.4 Å². The molecule has 1 aromatic carbocycles. The number of hydrogen-bond acceptors (Lipinski definition) is 4. The Morgan fingerprint density at radius 3 is 2.28 bits per heavy atom. The van der Waals surface area contributed by atoms with Crippen LogP contribution in [-0.2, 0) is 6.42 Å². The summed E-state index contributed by atoms with van der Waals surface area (Å²) in [5.41, 5.74) is 10.0. The molecule has 3 rings (SSSR count). The van der Waals surface area contributed by atoms with Crippen LogP contribution in [0.5, 0.6) is 5.75 Å². The fraction of sp³-hybridized carbons (Fsp3) is 0.471. The van der Waals surface area contributed by atoms with Crippen LogP contribution >= 0.6 is 0 Å². The number of nitrogens with zero attached hydrogens (tertiary/aromatic N) is 3. The first-order valence-corrected chi connectivity index (χ1v) is 14.4. The highest BCUT2D eigenvalue weighted by atomic mass is 16.5. The van der Waals surface area contributed by atoms with Crippen molar-refractivity contribution in [3.8, 4) is 5.75 Å². The van der Waals surface area contributed by atoms with Gasteiger partial charge in [-0.3, -0.25) is 4.40 Å². The Balaban J connectivity index is 0.000000570. The molecule has 0 saturated heterocycles. The van der Waals surface area contributed by atoms with E-state index in [1.807, 2.05) is 60.9 Å². The molecule has 216 valence electrons. The molecule has 0 aliphatic carbocycles. The maximum absolute atomic E-state index is 5.79. The molecule has 0 spiro atoms. The van der Waals surface area contributed by atoms with Crippen molar-refractivity contribution in [1.29, 1.82) is 0 Å². The molecule has 2 aromatic heterocycles. The zero-order chi connectivity index (χ0) is 29.6. The van der Waals surface area contributed by atoms with Gasteiger partial charge in [0.2, 0.25) is 0 Å². The van der Waals surface area contributed by atoms with Gasteiger partial charge in [-0.15, -0.1) is 0 Å². The van der Waals surface area contributed by atoms with Crippen LogP contribution in [0.15, 0.2) is 73.1 Å². The van der Waals surface area contributed by atoms with E-state index >= 15 is 0 Å².